The number of anilines is 1. The van der Waals surface area contributed by atoms with Gasteiger partial charge in [-0.3, -0.25) is 4.79 Å². The van der Waals surface area contributed by atoms with Gasteiger partial charge in [-0.05, 0) is 31.0 Å². The van der Waals surface area contributed by atoms with Gasteiger partial charge in [0, 0.05) is 12.2 Å². The minimum absolute atomic E-state index is 0.0728. The number of nitrogens with zero attached hydrogens (tertiary/aromatic N) is 1. The summed E-state index contributed by atoms with van der Waals surface area (Å²) < 4.78 is 0. The fourth-order valence-corrected chi connectivity index (χ4v) is 2.50. The SMILES string of the molecule is CC[C@H](C(=O)N(CC)c1ccccc1)c1ccccc1. The van der Waals surface area contributed by atoms with E-state index in [2.05, 4.69) is 6.92 Å². The van der Waals surface area contributed by atoms with E-state index in [9.17, 15) is 4.79 Å². The van der Waals surface area contributed by atoms with Crippen LogP contribution >= 0.6 is 0 Å². The van der Waals surface area contributed by atoms with Gasteiger partial charge in [-0.1, -0.05) is 55.5 Å². The highest BCUT2D eigenvalue weighted by Gasteiger charge is 2.24. The maximum Gasteiger partial charge on any atom is 0.234 e. The quantitative estimate of drug-likeness (QED) is 0.793. The van der Waals surface area contributed by atoms with E-state index in [1.807, 2.05) is 72.5 Å². The lowest BCUT2D eigenvalue weighted by Crippen LogP contribution is -2.34. The van der Waals surface area contributed by atoms with E-state index < -0.39 is 0 Å². The normalized spacial score (nSPS) is 11.9. The van der Waals surface area contributed by atoms with E-state index in [1.165, 1.54) is 0 Å². The molecule has 0 aromatic heterocycles. The standard InChI is InChI=1S/C18H21NO/c1-3-17(15-11-7-5-8-12-15)18(20)19(4-2)16-13-9-6-10-14-16/h5-14,17H,3-4H2,1-2H3/t17-/m0/s1. The van der Waals surface area contributed by atoms with Crippen molar-refractivity contribution < 1.29 is 4.79 Å². The van der Waals surface area contributed by atoms with Gasteiger partial charge in [-0.25, -0.2) is 0 Å². The van der Waals surface area contributed by atoms with Crippen molar-refractivity contribution in [2.45, 2.75) is 26.2 Å². The molecule has 2 heteroatoms. The summed E-state index contributed by atoms with van der Waals surface area (Å²) in [5.41, 5.74) is 2.06. The molecule has 0 saturated carbocycles. The van der Waals surface area contributed by atoms with Gasteiger partial charge in [0.25, 0.3) is 0 Å². The Bertz CT molecular complexity index is 486. The van der Waals surface area contributed by atoms with Crippen LogP contribution < -0.4 is 4.90 Å². The molecule has 1 atom stereocenters. The number of carbonyl (C=O) groups excluding carboxylic acids is 1. The van der Waals surface area contributed by atoms with Crippen molar-refractivity contribution >= 4 is 11.6 Å². The third-order valence-corrected chi connectivity index (χ3v) is 3.56. The van der Waals surface area contributed by atoms with E-state index in [0.717, 1.165) is 17.7 Å². The fourth-order valence-electron chi connectivity index (χ4n) is 2.50. The smallest absolute Gasteiger partial charge is 0.234 e. The molecule has 20 heavy (non-hydrogen) atoms. The monoisotopic (exact) mass is 267 g/mol. The third-order valence-electron chi connectivity index (χ3n) is 3.56. The van der Waals surface area contributed by atoms with Gasteiger partial charge in [0.2, 0.25) is 5.91 Å². The maximum atomic E-state index is 12.8. The van der Waals surface area contributed by atoms with Crippen LogP contribution in [0.3, 0.4) is 0 Å². The summed E-state index contributed by atoms with van der Waals surface area (Å²) in [6.07, 6.45) is 0.812. The zero-order valence-corrected chi connectivity index (χ0v) is 12.1. The first-order chi connectivity index (χ1) is 9.77. The van der Waals surface area contributed by atoms with Gasteiger partial charge in [0.05, 0.1) is 5.92 Å². The lowest BCUT2D eigenvalue weighted by Gasteiger charge is -2.26. The fraction of sp³-hybridized carbons (Fsp3) is 0.278. The molecule has 0 unspecified atom stereocenters. The van der Waals surface area contributed by atoms with Crippen molar-refractivity contribution in [2.24, 2.45) is 0 Å². The number of para-hydroxylation sites is 1. The molecule has 1 amide bonds. The van der Waals surface area contributed by atoms with Crippen molar-refractivity contribution in [3.63, 3.8) is 0 Å². The van der Waals surface area contributed by atoms with Gasteiger partial charge in [-0.2, -0.15) is 0 Å². The Labute approximate surface area is 121 Å². The Hall–Kier alpha value is -2.09. The predicted molar refractivity (Wildman–Crippen MR) is 83.9 cm³/mol. The average Bonchev–Trinajstić information content (AvgIpc) is 2.51. The molecule has 2 aromatic carbocycles. The number of amides is 1. The van der Waals surface area contributed by atoms with Crippen LogP contribution in [-0.4, -0.2) is 12.5 Å². The first-order valence-electron chi connectivity index (χ1n) is 7.19. The zero-order chi connectivity index (χ0) is 14.4. The number of carbonyl (C=O) groups is 1. The van der Waals surface area contributed by atoms with Crippen molar-refractivity contribution in [2.75, 3.05) is 11.4 Å². The van der Waals surface area contributed by atoms with Crippen molar-refractivity contribution in [3.05, 3.63) is 66.2 Å². The Morgan fingerprint density at radius 3 is 2.00 bits per heavy atom. The van der Waals surface area contributed by atoms with E-state index in [1.54, 1.807) is 0 Å². The third kappa shape index (κ3) is 3.08. The van der Waals surface area contributed by atoms with Crippen LogP contribution in [0.25, 0.3) is 0 Å². The van der Waals surface area contributed by atoms with E-state index in [-0.39, 0.29) is 11.8 Å². The largest absolute Gasteiger partial charge is 0.312 e. The average molecular weight is 267 g/mol. The summed E-state index contributed by atoms with van der Waals surface area (Å²) in [6.45, 7) is 4.77. The van der Waals surface area contributed by atoms with Gasteiger partial charge >= 0.3 is 0 Å². The second-order valence-corrected chi connectivity index (χ2v) is 4.79. The van der Waals surface area contributed by atoms with Crippen LogP contribution in [0, 0.1) is 0 Å². The molecule has 0 spiro atoms. The Balaban J connectivity index is 2.28. The Morgan fingerprint density at radius 2 is 1.50 bits per heavy atom. The second-order valence-electron chi connectivity index (χ2n) is 4.79. The number of hydrogen-bond acceptors (Lipinski definition) is 1. The van der Waals surface area contributed by atoms with Gasteiger partial charge in [-0.15, -0.1) is 0 Å². The van der Waals surface area contributed by atoms with E-state index >= 15 is 0 Å². The maximum absolute atomic E-state index is 12.8. The van der Waals surface area contributed by atoms with E-state index in [4.69, 9.17) is 0 Å². The van der Waals surface area contributed by atoms with Crippen molar-refractivity contribution in [1.29, 1.82) is 0 Å². The predicted octanol–water partition coefficient (Wildman–Crippen LogP) is 4.23. The molecule has 0 bridgehead atoms. The van der Waals surface area contributed by atoms with Gasteiger partial charge < -0.3 is 4.90 Å². The molecule has 2 nitrogen and oxygen atoms in total. The van der Waals surface area contributed by atoms with Crippen LogP contribution in [0.1, 0.15) is 31.7 Å². The first-order valence-corrected chi connectivity index (χ1v) is 7.19. The minimum Gasteiger partial charge on any atom is -0.312 e. The number of benzene rings is 2. The first kappa shape index (κ1) is 14.3. The zero-order valence-electron chi connectivity index (χ0n) is 12.1. The Kier molecular flexibility index (Phi) is 4.94. The van der Waals surface area contributed by atoms with Crippen LogP contribution in [0.2, 0.25) is 0 Å². The number of rotatable bonds is 5. The minimum atomic E-state index is -0.0728. The molecule has 2 rings (SSSR count). The van der Waals surface area contributed by atoms with Crippen LogP contribution in [0.4, 0.5) is 5.69 Å². The lowest BCUT2D eigenvalue weighted by molar-refractivity contribution is -0.120. The van der Waals surface area contributed by atoms with Crippen molar-refractivity contribution in [1.82, 2.24) is 0 Å². The second kappa shape index (κ2) is 6.90. The summed E-state index contributed by atoms with van der Waals surface area (Å²) in [4.78, 5) is 14.7. The van der Waals surface area contributed by atoms with Crippen LogP contribution in [0.5, 0.6) is 0 Å². The molecular formula is C18H21NO. The van der Waals surface area contributed by atoms with Crippen molar-refractivity contribution in [3.8, 4) is 0 Å². The highest BCUT2D eigenvalue weighted by molar-refractivity contribution is 5.98. The highest BCUT2D eigenvalue weighted by Crippen LogP contribution is 2.25. The molecule has 0 radical (unpaired) electrons. The van der Waals surface area contributed by atoms with Crippen LogP contribution in [-0.2, 0) is 4.79 Å². The summed E-state index contributed by atoms with van der Waals surface area (Å²) in [5, 5.41) is 0. The summed E-state index contributed by atoms with van der Waals surface area (Å²) in [6, 6.07) is 19.9. The molecular weight excluding hydrogens is 246 g/mol. The Morgan fingerprint density at radius 1 is 0.950 bits per heavy atom. The molecule has 0 N–H and O–H groups in total. The molecule has 0 aliphatic rings. The molecule has 104 valence electrons. The van der Waals surface area contributed by atoms with E-state index in [0.29, 0.717) is 6.54 Å². The van der Waals surface area contributed by atoms with Gasteiger partial charge in [0.15, 0.2) is 0 Å². The number of likely N-dealkylation sites (N-methyl/N-ethyl adjacent to an activating group) is 1. The molecule has 0 fully saturated rings. The lowest BCUT2D eigenvalue weighted by atomic mass is 9.95. The molecule has 0 aliphatic heterocycles. The molecule has 2 aromatic rings. The summed E-state index contributed by atoms with van der Waals surface area (Å²) >= 11 is 0. The molecule has 0 aliphatic carbocycles. The van der Waals surface area contributed by atoms with Gasteiger partial charge in [0.1, 0.15) is 0 Å². The topological polar surface area (TPSA) is 20.3 Å². The molecule has 0 heterocycles. The molecule has 0 saturated heterocycles. The van der Waals surface area contributed by atoms with Crippen LogP contribution in [0.15, 0.2) is 60.7 Å². The number of hydrogen-bond donors (Lipinski definition) is 0. The highest BCUT2D eigenvalue weighted by atomic mass is 16.2. The summed E-state index contributed by atoms with van der Waals surface area (Å²) in [5.74, 6) is 0.101. The summed E-state index contributed by atoms with van der Waals surface area (Å²) in [7, 11) is 0.